The summed E-state index contributed by atoms with van der Waals surface area (Å²) in [6.45, 7) is 1.95. The second-order valence-electron chi connectivity index (χ2n) is 7.75. The van der Waals surface area contributed by atoms with Crippen molar-refractivity contribution in [1.82, 2.24) is 10.6 Å². The molecule has 2 aromatic heterocycles. The number of aryl methyl sites for hydroxylation is 2. The molecule has 166 valence electrons. The summed E-state index contributed by atoms with van der Waals surface area (Å²) >= 11 is 2.81. The Hall–Kier alpha value is -2.97. The van der Waals surface area contributed by atoms with Gasteiger partial charge in [0.25, 0.3) is 11.8 Å². The van der Waals surface area contributed by atoms with Crippen molar-refractivity contribution < 1.29 is 14.4 Å². The lowest BCUT2D eigenvalue weighted by atomic mass is 9.95. The summed E-state index contributed by atoms with van der Waals surface area (Å²) < 4.78 is 0. The molecule has 0 fully saturated rings. The van der Waals surface area contributed by atoms with E-state index < -0.39 is 6.17 Å². The lowest BCUT2D eigenvalue weighted by molar-refractivity contribution is 0.0872. The molecule has 8 heteroatoms. The van der Waals surface area contributed by atoms with Crippen LogP contribution in [0.4, 0.5) is 5.00 Å². The topological polar surface area (TPSA) is 87.3 Å². The number of thiophene rings is 2. The summed E-state index contributed by atoms with van der Waals surface area (Å²) in [6.07, 6.45) is 2.88. The maximum Gasteiger partial charge on any atom is 0.263 e. The maximum absolute atomic E-state index is 13.4. The number of benzene rings is 1. The number of ketones is 1. The second-order valence-corrected chi connectivity index (χ2v) is 9.81. The molecule has 0 saturated heterocycles. The number of hydrogen-bond donors (Lipinski definition) is 3. The Kier molecular flexibility index (Phi) is 6.72. The molecule has 0 saturated carbocycles. The van der Waals surface area contributed by atoms with E-state index in [2.05, 4.69) is 16.0 Å². The van der Waals surface area contributed by atoms with Crippen LogP contribution in [-0.2, 0) is 12.8 Å². The van der Waals surface area contributed by atoms with Crippen LogP contribution in [-0.4, -0.2) is 30.8 Å². The van der Waals surface area contributed by atoms with Gasteiger partial charge in [-0.3, -0.25) is 14.4 Å². The van der Waals surface area contributed by atoms with Crippen molar-refractivity contribution in [3.05, 3.63) is 73.8 Å². The fourth-order valence-electron chi connectivity index (χ4n) is 3.83. The fourth-order valence-corrected chi connectivity index (χ4v) is 5.77. The minimum absolute atomic E-state index is 0.182. The molecular formula is C24H25N3O3S2. The number of rotatable bonds is 7. The van der Waals surface area contributed by atoms with Gasteiger partial charge in [0.15, 0.2) is 6.17 Å². The first-order valence-electron chi connectivity index (χ1n) is 10.6. The van der Waals surface area contributed by atoms with E-state index in [1.165, 1.54) is 27.6 Å². The van der Waals surface area contributed by atoms with Crippen LogP contribution >= 0.6 is 22.7 Å². The molecule has 1 aliphatic rings. The predicted molar refractivity (Wildman–Crippen MR) is 129 cm³/mol. The van der Waals surface area contributed by atoms with Crippen LogP contribution in [0.5, 0.6) is 0 Å². The Balaban J connectivity index is 1.69. The molecule has 0 spiro atoms. The van der Waals surface area contributed by atoms with Crippen molar-refractivity contribution >= 4 is 45.3 Å². The molecule has 4 rings (SSSR count). The predicted octanol–water partition coefficient (Wildman–Crippen LogP) is 4.41. The molecular weight excluding hydrogens is 442 g/mol. The highest BCUT2D eigenvalue weighted by molar-refractivity contribution is 7.16. The number of nitrogens with one attached hydrogen (secondary N) is 3. The molecule has 2 heterocycles. The van der Waals surface area contributed by atoms with Crippen LogP contribution in [0.2, 0.25) is 0 Å². The Labute approximate surface area is 195 Å². The van der Waals surface area contributed by atoms with Gasteiger partial charge in [0, 0.05) is 17.5 Å². The lowest BCUT2D eigenvalue weighted by Crippen LogP contribution is -2.46. The van der Waals surface area contributed by atoms with Crippen molar-refractivity contribution in [3.8, 4) is 0 Å². The Morgan fingerprint density at radius 1 is 1.00 bits per heavy atom. The standard InChI is InChI=1S/C24H25N3O3S2/c1-14-9-11-15(12-10-14)20(28)21(26-22(29)18-8-5-13-31-18)27-24-19(23(30)25-2)16-6-3-4-7-17(16)32-24/h5,8-13,21,27H,3-4,6-7H2,1-2H3,(H,25,30)(H,26,29)/t21-/m0/s1. The summed E-state index contributed by atoms with van der Waals surface area (Å²) in [5, 5.41) is 11.2. The molecule has 1 aliphatic carbocycles. The van der Waals surface area contributed by atoms with E-state index in [9.17, 15) is 14.4 Å². The van der Waals surface area contributed by atoms with E-state index in [-0.39, 0.29) is 17.6 Å². The third-order valence-electron chi connectivity index (χ3n) is 5.52. The first-order chi connectivity index (χ1) is 15.5. The van der Waals surface area contributed by atoms with E-state index >= 15 is 0 Å². The van der Waals surface area contributed by atoms with Gasteiger partial charge in [-0.25, -0.2) is 0 Å². The van der Waals surface area contributed by atoms with Gasteiger partial charge in [0.1, 0.15) is 5.00 Å². The summed E-state index contributed by atoms with van der Waals surface area (Å²) in [7, 11) is 1.60. The van der Waals surface area contributed by atoms with E-state index in [1.807, 2.05) is 24.4 Å². The van der Waals surface area contributed by atoms with Gasteiger partial charge >= 0.3 is 0 Å². The van der Waals surface area contributed by atoms with Gasteiger partial charge in [-0.05, 0) is 49.6 Å². The van der Waals surface area contributed by atoms with Gasteiger partial charge in [-0.15, -0.1) is 22.7 Å². The van der Waals surface area contributed by atoms with Gasteiger partial charge in [0.05, 0.1) is 10.4 Å². The van der Waals surface area contributed by atoms with Crippen molar-refractivity contribution in [1.29, 1.82) is 0 Å². The normalized spacial score (nSPS) is 13.7. The highest BCUT2D eigenvalue weighted by atomic mass is 32.1. The van der Waals surface area contributed by atoms with Crippen molar-refractivity contribution in [2.75, 3.05) is 12.4 Å². The van der Waals surface area contributed by atoms with E-state index in [0.29, 0.717) is 21.0 Å². The van der Waals surface area contributed by atoms with Gasteiger partial charge in [-0.2, -0.15) is 0 Å². The van der Waals surface area contributed by atoms with Crippen LogP contribution in [0, 0.1) is 6.92 Å². The molecule has 0 radical (unpaired) electrons. The van der Waals surface area contributed by atoms with Crippen LogP contribution < -0.4 is 16.0 Å². The number of fused-ring (bicyclic) bond motifs is 1. The molecule has 0 unspecified atom stereocenters. The molecule has 3 aromatic rings. The third kappa shape index (κ3) is 4.61. The largest absolute Gasteiger partial charge is 0.355 e. The SMILES string of the molecule is CNC(=O)c1c(N[C@H](NC(=O)c2cccs2)C(=O)c2ccc(C)cc2)sc2c1CCCC2. The monoisotopic (exact) mass is 467 g/mol. The van der Waals surface area contributed by atoms with Gasteiger partial charge < -0.3 is 16.0 Å². The molecule has 0 bridgehead atoms. The van der Waals surface area contributed by atoms with E-state index in [4.69, 9.17) is 0 Å². The number of carbonyl (C=O) groups is 3. The zero-order chi connectivity index (χ0) is 22.7. The summed E-state index contributed by atoms with van der Waals surface area (Å²) in [4.78, 5) is 40.6. The number of hydrogen-bond acceptors (Lipinski definition) is 6. The third-order valence-corrected chi connectivity index (χ3v) is 7.61. The molecule has 3 N–H and O–H groups in total. The fraction of sp³-hybridized carbons (Fsp3) is 0.292. The minimum atomic E-state index is -1.00. The van der Waals surface area contributed by atoms with Crippen molar-refractivity contribution in [3.63, 3.8) is 0 Å². The first-order valence-corrected chi connectivity index (χ1v) is 12.3. The van der Waals surface area contributed by atoms with Crippen LogP contribution in [0.3, 0.4) is 0 Å². The number of carbonyl (C=O) groups excluding carboxylic acids is 3. The van der Waals surface area contributed by atoms with Crippen molar-refractivity contribution in [2.45, 2.75) is 38.8 Å². The van der Waals surface area contributed by atoms with Gasteiger partial charge in [-0.1, -0.05) is 35.9 Å². The number of Topliss-reactive ketones (excluding diaryl/α,β-unsaturated/α-hetero) is 1. The zero-order valence-corrected chi connectivity index (χ0v) is 19.6. The Morgan fingerprint density at radius 2 is 1.75 bits per heavy atom. The van der Waals surface area contributed by atoms with Crippen LogP contribution in [0.1, 0.15) is 59.2 Å². The first kappa shape index (κ1) is 22.2. The van der Waals surface area contributed by atoms with Gasteiger partial charge in [0.2, 0.25) is 5.78 Å². The molecule has 1 atom stereocenters. The number of anilines is 1. The Morgan fingerprint density at radius 3 is 2.44 bits per heavy atom. The molecule has 2 amide bonds. The van der Waals surface area contributed by atoms with Crippen molar-refractivity contribution in [2.24, 2.45) is 0 Å². The molecule has 0 aliphatic heterocycles. The lowest BCUT2D eigenvalue weighted by Gasteiger charge is -2.20. The molecule has 6 nitrogen and oxygen atoms in total. The highest BCUT2D eigenvalue weighted by Crippen LogP contribution is 2.38. The average molecular weight is 468 g/mol. The summed E-state index contributed by atoms with van der Waals surface area (Å²) in [6, 6.07) is 10.7. The maximum atomic E-state index is 13.4. The average Bonchev–Trinajstić information content (AvgIpc) is 3.46. The summed E-state index contributed by atoms with van der Waals surface area (Å²) in [5.41, 5.74) is 3.16. The molecule has 1 aromatic carbocycles. The Bertz CT molecular complexity index is 1130. The van der Waals surface area contributed by atoms with E-state index in [0.717, 1.165) is 36.8 Å². The quantitative estimate of drug-likeness (QED) is 0.355. The molecule has 32 heavy (non-hydrogen) atoms. The second kappa shape index (κ2) is 9.67. The summed E-state index contributed by atoms with van der Waals surface area (Å²) in [5.74, 6) is -0.775. The highest BCUT2D eigenvalue weighted by Gasteiger charge is 2.29. The van der Waals surface area contributed by atoms with Crippen LogP contribution in [0.15, 0.2) is 41.8 Å². The van der Waals surface area contributed by atoms with E-state index in [1.54, 1.807) is 31.3 Å². The van der Waals surface area contributed by atoms with Crippen LogP contribution in [0.25, 0.3) is 0 Å². The minimum Gasteiger partial charge on any atom is -0.355 e. The smallest absolute Gasteiger partial charge is 0.263 e. The number of amides is 2. The zero-order valence-electron chi connectivity index (χ0n) is 18.0.